The van der Waals surface area contributed by atoms with Gasteiger partial charge in [0.25, 0.3) is 5.91 Å². The summed E-state index contributed by atoms with van der Waals surface area (Å²) in [5.41, 5.74) is 0.938. The van der Waals surface area contributed by atoms with E-state index < -0.39 is 0 Å². The van der Waals surface area contributed by atoms with Gasteiger partial charge in [-0.05, 0) is 23.8 Å². The van der Waals surface area contributed by atoms with Crippen molar-refractivity contribution in [3.8, 4) is 11.5 Å². The molecule has 26 heavy (non-hydrogen) atoms. The van der Waals surface area contributed by atoms with Gasteiger partial charge in [0.1, 0.15) is 0 Å². The number of ether oxygens (including phenoxy) is 2. The summed E-state index contributed by atoms with van der Waals surface area (Å²) in [4.78, 5) is 29.4. The predicted octanol–water partition coefficient (Wildman–Crippen LogP) is 1.63. The second-order valence-electron chi connectivity index (χ2n) is 5.59. The van der Waals surface area contributed by atoms with Crippen molar-refractivity contribution in [2.24, 2.45) is 0 Å². The molecule has 7 heteroatoms. The molecule has 0 saturated heterocycles. The fourth-order valence-electron chi connectivity index (χ4n) is 2.32. The molecule has 2 rings (SSSR count). The van der Waals surface area contributed by atoms with Crippen molar-refractivity contribution in [2.75, 3.05) is 26.8 Å². The van der Waals surface area contributed by atoms with Crippen LogP contribution in [0.1, 0.15) is 12.5 Å². The Hall–Kier alpha value is -3.09. The van der Waals surface area contributed by atoms with Gasteiger partial charge in [-0.1, -0.05) is 18.2 Å². The quantitative estimate of drug-likeness (QED) is 0.738. The minimum atomic E-state index is -0.263. The lowest BCUT2D eigenvalue weighted by atomic mass is 10.2. The molecule has 0 aliphatic heterocycles. The summed E-state index contributed by atoms with van der Waals surface area (Å²) in [6.45, 7) is 2.58. The Balaban J connectivity index is 1.76. The number of nitrogens with one attached hydrogen (secondary N) is 1. The zero-order chi connectivity index (χ0) is 18.8. The van der Waals surface area contributed by atoms with E-state index in [1.807, 2.05) is 18.2 Å². The molecular formula is C19H23N3O4. The number of aromatic nitrogens is 1. The molecule has 0 spiro atoms. The summed E-state index contributed by atoms with van der Waals surface area (Å²) in [6.07, 6.45) is 3.40. The first-order chi connectivity index (χ1) is 12.6. The Labute approximate surface area is 152 Å². The first-order valence-electron chi connectivity index (χ1n) is 8.27. The van der Waals surface area contributed by atoms with Gasteiger partial charge in [-0.2, -0.15) is 0 Å². The number of amides is 2. The third-order valence-electron chi connectivity index (χ3n) is 3.67. The van der Waals surface area contributed by atoms with E-state index in [9.17, 15) is 9.59 Å². The average molecular weight is 357 g/mol. The van der Waals surface area contributed by atoms with Crippen LogP contribution in [0.25, 0.3) is 0 Å². The van der Waals surface area contributed by atoms with Crippen LogP contribution < -0.4 is 14.8 Å². The highest BCUT2D eigenvalue weighted by atomic mass is 16.5. The maximum absolute atomic E-state index is 11.9. The molecule has 0 fully saturated rings. The van der Waals surface area contributed by atoms with E-state index in [2.05, 4.69) is 10.3 Å². The van der Waals surface area contributed by atoms with Crippen molar-refractivity contribution in [1.82, 2.24) is 15.2 Å². The zero-order valence-electron chi connectivity index (χ0n) is 15.0. The Bertz CT molecular complexity index is 722. The molecule has 1 aromatic heterocycles. The molecule has 2 aromatic rings. The lowest BCUT2D eigenvalue weighted by Crippen LogP contribution is -2.38. The summed E-state index contributed by atoms with van der Waals surface area (Å²) >= 11 is 0. The second-order valence-corrected chi connectivity index (χ2v) is 5.59. The van der Waals surface area contributed by atoms with Gasteiger partial charge in [-0.15, -0.1) is 0 Å². The molecule has 1 heterocycles. The maximum Gasteiger partial charge on any atom is 0.258 e. The van der Waals surface area contributed by atoms with Crippen molar-refractivity contribution in [1.29, 1.82) is 0 Å². The standard InChI is InChI=1S/C19H23N3O4/c1-15(23)22(13-16-6-5-9-20-12-16)11-10-21-19(24)14-26-18-8-4-3-7-17(18)25-2/h3-9,12H,10-11,13-14H2,1-2H3,(H,21,24). The van der Waals surface area contributed by atoms with Crippen molar-refractivity contribution in [3.63, 3.8) is 0 Å². The van der Waals surface area contributed by atoms with E-state index in [0.29, 0.717) is 31.1 Å². The topological polar surface area (TPSA) is 80.8 Å². The monoisotopic (exact) mass is 357 g/mol. The number of benzene rings is 1. The summed E-state index contributed by atoms with van der Waals surface area (Å²) < 4.78 is 10.6. The Kier molecular flexibility index (Phi) is 7.42. The first kappa shape index (κ1) is 19.2. The SMILES string of the molecule is COc1ccccc1OCC(=O)NCCN(Cc1cccnc1)C(C)=O. The van der Waals surface area contributed by atoms with Gasteiger partial charge in [0, 0.05) is 39.0 Å². The Morgan fingerprint density at radius 2 is 1.92 bits per heavy atom. The molecule has 1 N–H and O–H groups in total. The number of para-hydroxylation sites is 2. The smallest absolute Gasteiger partial charge is 0.258 e. The van der Waals surface area contributed by atoms with E-state index >= 15 is 0 Å². The van der Waals surface area contributed by atoms with E-state index in [4.69, 9.17) is 9.47 Å². The molecule has 0 radical (unpaired) electrons. The molecule has 138 valence electrons. The van der Waals surface area contributed by atoms with Crippen LogP contribution in [0.3, 0.4) is 0 Å². The molecule has 0 aliphatic carbocycles. The molecule has 0 bridgehead atoms. The fraction of sp³-hybridized carbons (Fsp3) is 0.316. The zero-order valence-corrected chi connectivity index (χ0v) is 15.0. The van der Waals surface area contributed by atoms with E-state index in [1.54, 1.807) is 42.6 Å². The highest BCUT2D eigenvalue weighted by molar-refractivity contribution is 5.77. The molecule has 7 nitrogen and oxygen atoms in total. The summed E-state index contributed by atoms with van der Waals surface area (Å²) in [5.74, 6) is 0.751. The summed E-state index contributed by atoms with van der Waals surface area (Å²) in [5, 5.41) is 2.75. The van der Waals surface area contributed by atoms with E-state index in [0.717, 1.165) is 5.56 Å². The molecule has 0 atom stereocenters. The average Bonchev–Trinajstić information content (AvgIpc) is 2.66. The molecule has 0 saturated carbocycles. The van der Waals surface area contributed by atoms with Crippen molar-refractivity contribution < 1.29 is 19.1 Å². The van der Waals surface area contributed by atoms with Gasteiger partial charge in [0.2, 0.25) is 5.91 Å². The normalized spacial score (nSPS) is 10.1. The first-order valence-corrected chi connectivity index (χ1v) is 8.27. The predicted molar refractivity (Wildman–Crippen MR) is 96.8 cm³/mol. The lowest BCUT2D eigenvalue weighted by Gasteiger charge is -2.21. The Morgan fingerprint density at radius 3 is 2.58 bits per heavy atom. The summed E-state index contributed by atoms with van der Waals surface area (Å²) in [6, 6.07) is 10.9. The second kappa shape index (κ2) is 10.0. The van der Waals surface area contributed by atoms with Crippen molar-refractivity contribution in [3.05, 3.63) is 54.4 Å². The third kappa shape index (κ3) is 6.08. The summed E-state index contributed by atoms with van der Waals surface area (Å²) in [7, 11) is 1.54. The van der Waals surface area contributed by atoms with Crippen LogP contribution in [0.5, 0.6) is 11.5 Å². The number of pyridine rings is 1. The third-order valence-corrected chi connectivity index (χ3v) is 3.67. The Morgan fingerprint density at radius 1 is 1.15 bits per heavy atom. The van der Waals surface area contributed by atoms with Crippen molar-refractivity contribution in [2.45, 2.75) is 13.5 Å². The van der Waals surface area contributed by atoms with Crippen LogP contribution in [-0.2, 0) is 16.1 Å². The van der Waals surface area contributed by atoms with Gasteiger partial charge in [0.15, 0.2) is 18.1 Å². The van der Waals surface area contributed by atoms with Gasteiger partial charge >= 0.3 is 0 Å². The van der Waals surface area contributed by atoms with Gasteiger partial charge < -0.3 is 19.7 Å². The van der Waals surface area contributed by atoms with Crippen LogP contribution in [0.15, 0.2) is 48.8 Å². The lowest BCUT2D eigenvalue weighted by molar-refractivity contribution is -0.130. The van der Waals surface area contributed by atoms with Crippen LogP contribution in [0.4, 0.5) is 0 Å². The van der Waals surface area contributed by atoms with Gasteiger partial charge in [-0.25, -0.2) is 0 Å². The van der Waals surface area contributed by atoms with Crippen LogP contribution in [-0.4, -0.2) is 48.5 Å². The molecule has 1 aromatic carbocycles. The van der Waals surface area contributed by atoms with Crippen LogP contribution in [0, 0.1) is 0 Å². The van der Waals surface area contributed by atoms with Gasteiger partial charge in [0.05, 0.1) is 7.11 Å². The van der Waals surface area contributed by atoms with E-state index in [1.165, 1.54) is 6.92 Å². The maximum atomic E-state index is 11.9. The molecule has 2 amide bonds. The highest BCUT2D eigenvalue weighted by Gasteiger charge is 2.11. The molecule has 0 aliphatic rings. The van der Waals surface area contributed by atoms with E-state index in [-0.39, 0.29) is 18.4 Å². The number of carbonyl (C=O) groups is 2. The van der Waals surface area contributed by atoms with Crippen LogP contribution >= 0.6 is 0 Å². The van der Waals surface area contributed by atoms with Gasteiger partial charge in [-0.3, -0.25) is 14.6 Å². The number of hydrogen-bond acceptors (Lipinski definition) is 5. The molecule has 0 unspecified atom stereocenters. The van der Waals surface area contributed by atoms with Crippen LogP contribution in [0.2, 0.25) is 0 Å². The fourth-order valence-corrected chi connectivity index (χ4v) is 2.32. The number of hydrogen-bond donors (Lipinski definition) is 1. The highest BCUT2D eigenvalue weighted by Crippen LogP contribution is 2.25. The molecular weight excluding hydrogens is 334 g/mol. The number of carbonyl (C=O) groups excluding carboxylic acids is 2. The number of nitrogens with zero attached hydrogens (tertiary/aromatic N) is 2. The van der Waals surface area contributed by atoms with Crippen molar-refractivity contribution >= 4 is 11.8 Å². The minimum Gasteiger partial charge on any atom is -0.493 e. The number of methoxy groups -OCH3 is 1. The largest absolute Gasteiger partial charge is 0.493 e. The minimum absolute atomic E-state index is 0.0617. The number of rotatable bonds is 9.